The molecule has 0 fully saturated rings. The molecular formula is C19H19Cl2NO7. The van der Waals surface area contributed by atoms with E-state index in [0.29, 0.717) is 18.0 Å². The van der Waals surface area contributed by atoms with Crippen LogP contribution in [0.25, 0.3) is 22.3 Å². The third-order valence-electron chi connectivity index (χ3n) is 3.75. The number of halogens is 2. The number of fused-ring (bicyclic) bond motifs is 1. The van der Waals surface area contributed by atoms with Gasteiger partial charge >= 0.3 is 0 Å². The molecule has 0 bridgehead atoms. The fourth-order valence-corrected chi connectivity index (χ4v) is 2.62. The average molecular weight is 444 g/mol. The van der Waals surface area contributed by atoms with E-state index < -0.39 is 10.2 Å². The van der Waals surface area contributed by atoms with Gasteiger partial charge in [-0.25, -0.2) is 23.6 Å². The van der Waals surface area contributed by atoms with Gasteiger partial charge in [0, 0.05) is 23.6 Å². The third kappa shape index (κ3) is 7.64. The van der Waals surface area contributed by atoms with Crippen LogP contribution in [0.2, 0.25) is 5.02 Å². The van der Waals surface area contributed by atoms with Gasteiger partial charge in [0.15, 0.2) is 0 Å². The Balaban J connectivity index is 0.000000537. The molecule has 0 amide bonds. The van der Waals surface area contributed by atoms with Crippen molar-refractivity contribution in [2.24, 2.45) is 0 Å². The SMILES string of the molecule is COc1ccc2oc(-c3ccc(Cl)cc3)cc(=[NH+]CCCO)c2c1.[O-][Cl+3]([O-])([O-])[O-]. The Labute approximate surface area is 173 Å². The van der Waals surface area contributed by atoms with Crippen molar-refractivity contribution >= 4 is 22.6 Å². The highest BCUT2D eigenvalue weighted by molar-refractivity contribution is 6.30. The van der Waals surface area contributed by atoms with Gasteiger partial charge in [0.25, 0.3) is 0 Å². The highest BCUT2D eigenvalue weighted by atomic mass is 35.7. The van der Waals surface area contributed by atoms with Crippen molar-refractivity contribution in [2.45, 2.75) is 6.42 Å². The van der Waals surface area contributed by atoms with Crippen LogP contribution in [-0.4, -0.2) is 25.4 Å². The number of hydrogen-bond acceptors (Lipinski definition) is 7. The van der Waals surface area contributed by atoms with Crippen LogP contribution in [0, 0.1) is 10.2 Å². The highest BCUT2D eigenvalue weighted by Crippen LogP contribution is 2.25. The standard InChI is InChI=1S/C19H18ClNO3.ClHO4/c1-23-15-7-8-18-16(11-15)17(21-9-2-10-22)12-19(24-18)13-3-5-14(20)6-4-13;2-1(3,4)5/h3-8,11-12,22H,2,9-10H2,1H3;(H,2,3,4,5). The lowest BCUT2D eigenvalue weighted by Gasteiger charge is -2.17. The average Bonchev–Trinajstić information content (AvgIpc) is 2.67. The van der Waals surface area contributed by atoms with E-state index in [4.69, 9.17) is 44.5 Å². The summed E-state index contributed by atoms with van der Waals surface area (Å²) in [6.07, 6.45) is 0.674. The topological polar surface area (TPSA) is 149 Å². The molecule has 0 spiro atoms. The van der Waals surface area contributed by atoms with Crippen molar-refractivity contribution in [2.75, 3.05) is 20.3 Å². The second kappa shape index (κ2) is 10.6. The molecule has 2 aromatic carbocycles. The van der Waals surface area contributed by atoms with Crippen LogP contribution in [0.5, 0.6) is 5.75 Å². The molecule has 10 heteroatoms. The number of aliphatic hydroxyl groups is 1. The van der Waals surface area contributed by atoms with Crippen LogP contribution < -0.4 is 33.7 Å². The summed E-state index contributed by atoms with van der Waals surface area (Å²) in [5, 5.41) is 11.6. The number of nitrogens with one attached hydrogen (secondary N) is 1. The summed E-state index contributed by atoms with van der Waals surface area (Å²) < 4.78 is 45.3. The van der Waals surface area contributed by atoms with Crippen molar-refractivity contribution in [3.63, 3.8) is 0 Å². The summed E-state index contributed by atoms with van der Waals surface area (Å²) >= 11 is 5.96. The van der Waals surface area contributed by atoms with E-state index >= 15 is 0 Å². The minimum absolute atomic E-state index is 0.148. The van der Waals surface area contributed by atoms with E-state index in [1.165, 1.54) is 0 Å². The van der Waals surface area contributed by atoms with Crippen molar-refractivity contribution in [1.29, 1.82) is 0 Å². The van der Waals surface area contributed by atoms with Gasteiger partial charge in [0.2, 0.25) is 5.36 Å². The Morgan fingerprint density at radius 3 is 2.31 bits per heavy atom. The molecule has 0 atom stereocenters. The second-order valence-corrected chi connectivity index (χ2v) is 6.97. The van der Waals surface area contributed by atoms with Gasteiger partial charge in [0.1, 0.15) is 23.6 Å². The zero-order valence-corrected chi connectivity index (χ0v) is 16.9. The molecule has 0 aliphatic carbocycles. The molecule has 1 heterocycles. The molecule has 1 aromatic heterocycles. The molecule has 3 rings (SSSR count). The van der Waals surface area contributed by atoms with Crippen molar-refractivity contribution in [3.8, 4) is 17.1 Å². The van der Waals surface area contributed by atoms with Gasteiger partial charge in [0.05, 0.1) is 18.6 Å². The Hall–Kier alpha value is -2.17. The zero-order chi connectivity index (χ0) is 21.4. The first-order valence-corrected chi connectivity index (χ1v) is 10.00. The maximum Gasteiger partial charge on any atom is 0.213 e. The Morgan fingerprint density at radius 2 is 1.72 bits per heavy atom. The van der Waals surface area contributed by atoms with Gasteiger partial charge in [-0.3, -0.25) is 0 Å². The first-order chi connectivity index (χ1) is 13.7. The van der Waals surface area contributed by atoms with Crippen molar-refractivity contribution < 1.29 is 48.1 Å². The number of methoxy groups -OCH3 is 1. The molecule has 0 aliphatic rings. The molecule has 29 heavy (non-hydrogen) atoms. The fraction of sp³-hybridized carbons (Fsp3) is 0.211. The number of aliphatic hydroxyl groups excluding tert-OH is 1. The van der Waals surface area contributed by atoms with Crippen LogP contribution >= 0.6 is 11.6 Å². The van der Waals surface area contributed by atoms with Crippen LogP contribution in [0.15, 0.2) is 52.9 Å². The maximum atomic E-state index is 9.01. The molecule has 3 aromatic rings. The monoisotopic (exact) mass is 443 g/mol. The second-order valence-electron chi connectivity index (χ2n) is 5.78. The zero-order valence-electron chi connectivity index (χ0n) is 15.4. The molecule has 0 unspecified atom stereocenters. The number of rotatable bonds is 5. The summed E-state index contributed by atoms with van der Waals surface area (Å²) in [5.41, 5.74) is 1.71. The lowest BCUT2D eigenvalue weighted by Crippen LogP contribution is -2.76. The molecule has 8 nitrogen and oxygen atoms in total. The predicted octanol–water partition coefficient (Wildman–Crippen LogP) is -2.63. The minimum atomic E-state index is -4.94. The van der Waals surface area contributed by atoms with Gasteiger partial charge in [-0.05, 0) is 42.5 Å². The normalized spacial score (nSPS) is 11.9. The van der Waals surface area contributed by atoms with Gasteiger partial charge in [-0.1, -0.05) is 11.6 Å². The van der Waals surface area contributed by atoms with Crippen LogP contribution in [-0.2, 0) is 0 Å². The van der Waals surface area contributed by atoms with Crippen molar-refractivity contribution in [3.05, 3.63) is 58.9 Å². The van der Waals surface area contributed by atoms with Gasteiger partial charge in [-0.2, -0.15) is 0 Å². The van der Waals surface area contributed by atoms with Crippen LogP contribution in [0.4, 0.5) is 0 Å². The summed E-state index contributed by atoms with van der Waals surface area (Å²) in [6, 6.07) is 15.2. The van der Waals surface area contributed by atoms with E-state index in [1.54, 1.807) is 7.11 Å². The maximum absolute atomic E-state index is 9.01. The molecule has 2 N–H and O–H groups in total. The fourth-order valence-electron chi connectivity index (χ4n) is 2.50. The highest BCUT2D eigenvalue weighted by Gasteiger charge is 2.10. The molecule has 0 saturated heterocycles. The summed E-state index contributed by atoms with van der Waals surface area (Å²) in [6.45, 7) is 0.822. The third-order valence-corrected chi connectivity index (χ3v) is 4.00. The van der Waals surface area contributed by atoms with E-state index in [-0.39, 0.29) is 6.61 Å². The number of ether oxygens (including phenoxy) is 1. The number of benzene rings is 2. The largest absolute Gasteiger partial charge is 0.497 e. The quantitative estimate of drug-likeness (QED) is 0.409. The smallest absolute Gasteiger partial charge is 0.213 e. The number of hydrogen-bond donors (Lipinski definition) is 2. The molecule has 0 saturated carbocycles. The summed E-state index contributed by atoms with van der Waals surface area (Å²) in [4.78, 5) is 3.36. The van der Waals surface area contributed by atoms with Crippen LogP contribution in [0.1, 0.15) is 6.42 Å². The Kier molecular flexibility index (Phi) is 8.42. The van der Waals surface area contributed by atoms with E-state index in [0.717, 1.165) is 33.4 Å². The molecule has 0 radical (unpaired) electrons. The summed E-state index contributed by atoms with van der Waals surface area (Å²) in [7, 11) is -3.31. The van der Waals surface area contributed by atoms with E-state index in [1.807, 2.05) is 48.5 Å². The van der Waals surface area contributed by atoms with E-state index in [2.05, 4.69) is 4.99 Å². The van der Waals surface area contributed by atoms with E-state index in [9.17, 15) is 0 Å². The molecular weight excluding hydrogens is 425 g/mol. The van der Waals surface area contributed by atoms with Gasteiger partial charge in [-0.15, -0.1) is 10.2 Å². The van der Waals surface area contributed by atoms with Crippen LogP contribution in [0.3, 0.4) is 0 Å². The van der Waals surface area contributed by atoms with Gasteiger partial charge < -0.3 is 14.3 Å². The van der Waals surface area contributed by atoms with Crippen molar-refractivity contribution in [1.82, 2.24) is 0 Å². The molecule has 156 valence electrons. The first kappa shape index (κ1) is 23.1. The minimum Gasteiger partial charge on any atom is -0.497 e. The lowest BCUT2D eigenvalue weighted by atomic mass is 10.1. The molecule has 0 aliphatic heterocycles. The first-order valence-electron chi connectivity index (χ1n) is 8.38. The Morgan fingerprint density at radius 1 is 1.07 bits per heavy atom. The Bertz CT molecular complexity index is 992. The lowest BCUT2D eigenvalue weighted by molar-refractivity contribution is -2.00. The summed E-state index contributed by atoms with van der Waals surface area (Å²) in [5.74, 6) is 1.51. The predicted molar refractivity (Wildman–Crippen MR) is 93.9 cm³/mol.